The van der Waals surface area contributed by atoms with Crippen LogP contribution in [0.1, 0.15) is 59.9 Å². The molecule has 0 heterocycles. The van der Waals surface area contributed by atoms with Gasteiger partial charge in [0.25, 0.3) is 0 Å². The third-order valence-corrected chi connectivity index (χ3v) is 6.99. The van der Waals surface area contributed by atoms with Gasteiger partial charge in [0.05, 0.1) is 0 Å². The zero-order chi connectivity index (χ0) is 28.2. The van der Waals surface area contributed by atoms with Crippen LogP contribution in [0.3, 0.4) is 0 Å². The first-order valence-corrected chi connectivity index (χ1v) is 13.8. The lowest BCUT2D eigenvalue weighted by Crippen LogP contribution is -2.47. The van der Waals surface area contributed by atoms with Crippen molar-refractivity contribution in [2.24, 2.45) is 0 Å². The minimum atomic E-state index is -5.09. The van der Waals surface area contributed by atoms with Crippen molar-refractivity contribution in [1.29, 1.82) is 4.78 Å². The van der Waals surface area contributed by atoms with E-state index in [0.29, 0.717) is 4.47 Å². The molecule has 1 rings (SSSR count). The summed E-state index contributed by atoms with van der Waals surface area (Å²) in [5, 5.41) is 12.8. The van der Waals surface area contributed by atoms with Gasteiger partial charge in [-0.3, -0.25) is 4.78 Å². The van der Waals surface area contributed by atoms with E-state index in [1.165, 1.54) is 12.1 Å². The minimum absolute atomic E-state index is 0.348. The third-order valence-electron chi connectivity index (χ3n) is 4.70. The van der Waals surface area contributed by atoms with Crippen molar-refractivity contribution in [2.45, 2.75) is 83.4 Å². The highest BCUT2D eigenvalue weighted by Crippen LogP contribution is 2.42. The Hall–Kier alpha value is -1.86. The van der Waals surface area contributed by atoms with E-state index in [0.717, 1.165) is 12.1 Å². The Labute approximate surface area is 218 Å². The third kappa shape index (κ3) is 10.6. The fourth-order valence-electron chi connectivity index (χ4n) is 2.97. The zero-order valence-corrected chi connectivity index (χ0v) is 23.5. The molecule has 1 amide bonds. The molecule has 0 aliphatic heterocycles. The lowest BCUT2D eigenvalue weighted by atomic mass is 9.90. The number of esters is 1. The van der Waals surface area contributed by atoms with Crippen LogP contribution in [0.4, 0.5) is 18.0 Å². The number of nitrogens with one attached hydrogen (secondary N) is 2. The van der Waals surface area contributed by atoms with Crippen molar-refractivity contribution < 1.29 is 41.5 Å². The quantitative estimate of drug-likeness (QED) is 0.331. The Balaban J connectivity index is 3.03. The van der Waals surface area contributed by atoms with Gasteiger partial charge in [-0.25, -0.2) is 13.8 Å². The molecular weight excluding hydrogens is 569 g/mol. The number of rotatable bonds is 9. The maximum absolute atomic E-state index is 13.8. The molecule has 0 saturated heterocycles. The van der Waals surface area contributed by atoms with Crippen LogP contribution in [-0.4, -0.2) is 56.3 Å². The average molecular weight is 603 g/mol. The Morgan fingerprint density at radius 1 is 1.03 bits per heavy atom. The summed E-state index contributed by atoms with van der Waals surface area (Å²) in [6.45, 7) is 9.63. The number of hydrogen-bond donors (Lipinski definition) is 3. The van der Waals surface area contributed by atoms with Crippen molar-refractivity contribution in [2.75, 3.05) is 11.5 Å². The number of benzene rings is 1. The first-order chi connectivity index (χ1) is 16.0. The molecule has 36 heavy (non-hydrogen) atoms. The molecule has 206 valence electrons. The summed E-state index contributed by atoms with van der Waals surface area (Å²) < 4.78 is 73.2. The second-order valence-electron chi connectivity index (χ2n) is 10.4. The van der Waals surface area contributed by atoms with Gasteiger partial charge in [-0.05, 0) is 65.7 Å². The largest absolute Gasteiger partial charge is 0.458 e. The standard InChI is InChI=1S/C23H34BrF3N2O6S/c1-20(2,3)34-18(30)17(29-19(31)35-21(4,5)6)11-13-36(28,33)14-12-22(32,23(25,26)27)15-7-9-16(24)10-8-15/h7-10,17,28,32H,11-14H2,1-6H3,(H,29,31)/t17-,22?,36?/m0/s1. The summed E-state index contributed by atoms with van der Waals surface area (Å²) in [5.41, 5.74) is -5.56. The van der Waals surface area contributed by atoms with Crippen molar-refractivity contribution in [1.82, 2.24) is 5.32 Å². The highest BCUT2D eigenvalue weighted by Gasteiger charge is 2.54. The topological polar surface area (TPSA) is 126 Å². The second kappa shape index (κ2) is 11.7. The van der Waals surface area contributed by atoms with Gasteiger partial charge in [0, 0.05) is 32.1 Å². The van der Waals surface area contributed by atoms with Gasteiger partial charge in [0.15, 0.2) is 5.60 Å². The summed E-state index contributed by atoms with van der Waals surface area (Å²) in [7, 11) is -3.70. The second-order valence-corrected chi connectivity index (χ2v) is 13.7. The van der Waals surface area contributed by atoms with Crippen LogP contribution in [-0.2, 0) is 29.6 Å². The van der Waals surface area contributed by atoms with Crippen LogP contribution in [0, 0.1) is 4.78 Å². The molecule has 13 heteroatoms. The number of halogens is 4. The summed E-state index contributed by atoms with van der Waals surface area (Å²) in [6.07, 6.45) is -7.42. The van der Waals surface area contributed by atoms with Crippen molar-refractivity contribution >= 4 is 37.7 Å². The van der Waals surface area contributed by atoms with E-state index >= 15 is 0 Å². The molecule has 3 atom stereocenters. The van der Waals surface area contributed by atoms with E-state index in [1.807, 2.05) is 0 Å². The highest BCUT2D eigenvalue weighted by atomic mass is 79.9. The van der Waals surface area contributed by atoms with Gasteiger partial charge in [-0.1, -0.05) is 28.1 Å². The molecule has 0 spiro atoms. The molecule has 0 radical (unpaired) electrons. The molecular formula is C23H34BrF3N2O6S. The summed E-state index contributed by atoms with van der Waals surface area (Å²) in [4.78, 5) is 24.8. The predicted octanol–water partition coefficient (Wildman–Crippen LogP) is 5.26. The summed E-state index contributed by atoms with van der Waals surface area (Å²) in [5.74, 6) is -2.20. The average Bonchev–Trinajstić information content (AvgIpc) is 2.66. The Morgan fingerprint density at radius 3 is 1.97 bits per heavy atom. The van der Waals surface area contributed by atoms with E-state index in [9.17, 15) is 32.1 Å². The SMILES string of the molecule is CC(C)(C)OC(=O)N[C@@H](CCS(=N)(=O)CCC(O)(c1ccc(Br)cc1)C(F)(F)F)C(=O)OC(C)(C)C. The van der Waals surface area contributed by atoms with Crippen LogP contribution >= 0.6 is 15.9 Å². The fourth-order valence-corrected chi connectivity index (χ4v) is 4.68. The molecule has 0 aliphatic rings. The van der Waals surface area contributed by atoms with Crippen molar-refractivity contribution in [3.63, 3.8) is 0 Å². The molecule has 0 aromatic heterocycles. The molecule has 8 nitrogen and oxygen atoms in total. The highest BCUT2D eigenvalue weighted by molar-refractivity contribution is 9.10. The summed E-state index contributed by atoms with van der Waals surface area (Å²) >= 11 is 3.11. The molecule has 0 bridgehead atoms. The van der Waals surface area contributed by atoms with Crippen LogP contribution < -0.4 is 5.32 Å². The van der Waals surface area contributed by atoms with Gasteiger partial charge in [0.1, 0.15) is 17.2 Å². The van der Waals surface area contributed by atoms with E-state index < -0.39 is 74.3 Å². The number of ether oxygens (including phenoxy) is 2. The van der Waals surface area contributed by atoms with Gasteiger partial charge in [0.2, 0.25) is 0 Å². The number of alkyl carbamates (subject to hydrolysis) is 1. The first kappa shape index (κ1) is 32.2. The van der Waals surface area contributed by atoms with Crippen molar-refractivity contribution in [3.8, 4) is 0 Å². The van der Waals surface area contributed by atoms with Crippen LogP contribution in [0.25, 0.3) is 0 Å². The van der Waals surface area contributed by atoms with Crippen molar-refractivity contribution in [3.05, 3.63) is 34.3 Å². The maximum Gasteiger partial charge on any atom is 0.421 e. The van der Waals surface area contributed by atoms with E-state index in [-0.39, 0.29) is 6.42 Å². The number of carbonyl (C=O) groups is 2. The zero-order valence-electron chi connectivity index (χ0n) is 21.1. The van der Waals surface area contributed by atoms with Gasteiger partial charge in [-0.15, -0.1) is 0 Å². The lowest BCUT2D eigenvalue weighted by Gasteiger charge is -2.31. The van der Waals surface area contributed by atoms with Gasteiger partial charge in [-0.2, -0.15) is 13.2 Å². The molecule has 1 aromatic carbocycles. The molecule has 0 aliphatic carbocycles. The Morgan fingerprint density at radius 2 is 1.53 bits per heavy atom. The number of hydrogen-bond acceptors (Lipinski definition) is 7. The molecule has 0 fully saturated rings. The number of aliphatic hydroxyl groups is 1. The van der Waals surface area contributed by atoms with E-state index in [1.54, 1.807) is 41.5 Å². The van der Waals surface area contributed by atoms with E-state index in [4.69, 9.17) is 14.3 Å². The predicted molar refractivity (Wildman–Crippen MR) is 133 cm³/mol. The lowest BCUT2D eigenvalue weighted by molar-refractivity contribution is -0.267. The first-order valence-electron chi connectivity index (χ1n) is 11.1. The number of amides is 1. The van der Waals surface area contributed by atoms with Crippen LogP contribution in [0.15, 0.2) is 28.7 Å². The fraction of sp³-hybridized carbons (Fsp3) is 0.652. The van der Waals surface area contributed by atoms with Crippen LogP contribution in [0.2, 0.25) is 0 Å². The Bertz CT molecular complexity index is 1020. The van der Waals surface area contributed by atoms with E-state index in [2.05, 4.69) is 21.2 Å². The molecule has 3 N–H and O–H groups in total. The monoisotopic (exact) mass is 602 g/mol. The maximum atomic E-state index is 13.8. The Kier molecular flexibility index (Phi) is 10.4. The minimum Gasteiger partial charge on any atom is -0.458 e. The molecule has 1 aromatic rings. The number of carbonyl (C=O) groups excluding carboxylic acids is 2. The van der Waals surface area contributed by atoms with Gasteiger partial charge >= 0.3 is 18.2 Å². The normalized spacial score (nSPS) is 16.9. The van der Waals surface area contributed by atoms with Crippen LogP contribution in [0.5, 0.6) is 0 Å². The smallest absolute Gasteiger partial charge is 0.421 e. The number of alkyl halides is 3. The van der Waals surface area contributed by atoms with Gasteiger partial charge < -0.3 is 19.9 Å². The molecule has 0 saturated carbocycles. The molecule has 2 unspecified atom stereocenters. The summed E-state index contributed by atoms with van der Waals surface area (Å²) in [6, 6.07) is 3.49.